The van der Waals surface area contributed by atoms with Gasteiger partial charge in [0.15, 0.2) is 0 Å². The zero-order valence-electron chi connectivity index (χ0n) is 11.3. The van der Waals surface area contributed by atoms with Gasteiger partial charge in [0.2, 0.25) is 0 Å². The molecule has 0 radical (unpaired) electrons. The van der Waals surface area contributed by atoms with Gasteiger partial charge in [-0.05, 0) is 25.7 Å². The molecule has 1 fully saturated rings. The molecule has 2 aromatic rings. The first-order valence-electron chi connectivity index (χ1n) is 7.03. The number of aromatic nitrogens is 3. The van der Waals surface area contributed by atoms with Crippen LogP contribution in [0.2, 0.25) is 0 Å². The quantitative estimate of drug-likeness (QED) is 0.865. The van der Waals surface area contributed by atoms with Gasteiger partial charge in [0, 0.05) is 18.2 Å². The van der Waals surface area contributed by atoms with Crippen LogP contribution in [0.5, 0.6) is 0 Å². The monoisotopic (exact) mass is 256 g/mol. The highest BCUT2D eigenvalue weighted by molar-refractivity contribution is 5.60. The molecule has 0 saturated heterocycles. The molecular weight excluding hydrogens is 236 g/mol. The molecule has 1 aromatic carbocycles. The predicted molar refractivity (Wildman–Crippen MR) is 75.5 cm³/mol. The van der Waals surface area contributed by atoms with E-state index in [4.69, 9.17) is 0 Å². The Hall–Kier alpha value is -1.68. The van der Waals surface area contributed by atoms with Gasteiger partial charge in [-0.25, -0.2) is 0 Å². The molecule has 100 valence electrons. The number of H-pyrrole nitrogens is 1. The second-order valence-electron chi connectivity index (χ2n) is 5.35. The predicted octanol–water partition coefficient (Wildman–Crippen LogP) is 2.75. The van der Waals surface area contributed by atoms with E-state index in [0.29, 0.717) is 6.04 Å². The summed E-state index contributed by atoms with van der Waals surface area (Å²) >= 11 is 0. The van der Waals surface area contributed by atoms with Crippen molar-refractivity contribution in [2.24, 2.45) is 5.92 Å². The average Bonchev–Trinajstić information content (AvgIpc) is 2.83. The largest absolute Gasteiger partial charge is 0.308 e. The highest BCUT2D eigenvalue weighted by Gasteiger charge is 2.23. The van der Waals surface area contributed by atoms with E-state index >= 15 is 0 Å². The van der Waals surface area contributed by atoms with Gasteiger partial charge in [-0.1, -0.05) is 36.8 Å². The van der Waals surface area contributed by atoms with Crippen molar-refractivity contribution in [3.63, 3.8) is 0 Å². The lowest BCUT2D eigenvalue weighted by atomic mass is 9.80. The van der Waals surface area contributed by atoms with E-state index in [2.05, 4.69) is 39.8 Å². The summed E-state index contributed by atoms with van der Waals surface area (Å²) in [5.41, 5.74) is 3.07. The van der Waals surface area contributed by atoms with Gasteiger partial charge in [0.05, 0.1) is 0 Å². The fraction of sp³-hybridized carbons (Fsp3) is 0.467. The molecule has 0 aliphatic heterocycles. The Balaban J connectivity index is 1.67. The van der Waals surface area contributed by atoms with Crippen molar-refractivity contribution in [1.29, 1.82) is 0 Å². The number of benzene rings is 1. The molecule has 1 heterocycles. The maximum absolute atomic E-state index is 4.27. The van der Waals surface area contributed by atoms with Crippen molar-refractivity contribution in [2.75, 3.05) is 0 Å². The number of hydrogen-bond donors (Lipinski definition) is 2. The number of nitrogens with zero attached hydrogens (tertiary/aromatic N) is 2. The molecule has 1 unspecified atom stereocenters. The van der Waals surface area contributed by atoms with Crippen LogP contribution in [-0.4, -0.2) is 21.5 Å². The summed E-state index contributed by atoms with van der Waals surface area (Å²) in [7, 11) is 0. The van der Waals surface area contributed by atoms with Gasteiger partial charge in [0.25, 0.3) is 0 Å². The maximum atomic E-state index is 4.27. The molecule has 4 heteroatoms. The summed E-state index contributed by atoms with van der Waals surface area (Å²) in [5, 5.41) is 14.8. The summed E-state index contributed by atoms with van der Waals surface area (Å²) in [4.78, 5) is 0. The molecule has 2 N–H and O–H groups in total. The second-order valence-corrected chi connectivity index (χ2v) is 5.35. The van der Waals surface area contributed by atoms with Crippen molar-refractivity contribution < 1.29 is 0 Å². The van der Waals surface area contributed by atoms with Gasteiger partial charge in [0.1, 0.15) is 11.4 Å². The van der Waals surface area contributed by atoms with Crippen molar-refractivity contribution in [2.45, 2.75) is 38.8 Å². The van der Waals surface area contributed by atoms with E-state index in [-0.39, 0.29) is 0 Å². The second kappa shape index (κ2) is 5.53. The van der Waals surface area contributed by atoms with E-state index in [9.17, 15) is 0 Å². The van der Waals surface area contributed by atoms with E-state index in [1.54, 1.807) is 0 Å². The molecule has 1 saturated carbocycles. The Morgan fingerprint density at radius 1 is 1.26 bits per heavy atom. The number of hydrogen-bond acceptors (Lipinski definition) is 3. The highest BCUT2D eigenvalue weighted by Crippen LogP contribution is 2.29. The first-order chi connectivity index (χ1) is 9.34. The van der Waals surface area contributed by atoms with Crippen LogP contribution in [0.4, 0.5) is 0 Å². The van der Waals surface area contributed by atoms with Crippen molar-refractivity contribution in [3.8, 4) is 11.3 Å². The fourth-order valence-electron chi connectivity index (χ4n) is 2.57. The van der Waals surface area contributed by atoms with E-state index in [1.165, 1.54) is 19.3 Å². The molecule has 1 aromatic heterocycles. The molecule has 19 heavy (non-hydrogen) atoms. The van der Waals surface area contributed by atoms with Crippen LogP contribution in [0.15, 0.2) is 30.3 Å². The van der Waals surface area contributed by atoms with Crippen molar-refractivity contribution in [1.82, 2.24) is 20.7 Å². The lowest BCUT2D eigenvalue weighted by molar-refractivity contribution is 0.239. The zero-order chi connectivity index (χ0) is 13.1. The third-order valence-corrected chi connectivity index (χ3v) is 4.12. The summed E-state index contributed by atoms with van der Waals surface area (Å²) < 4.78 is 0. The first-order valence-corrected chi connectivity index (χ1v) is 7.03. The summed E-state index contributed by atoms with van der Waals surface area (Å²) in [5.74, 6) is 0.840. The van der Waals surface area contributed by atoms with Crippen LogP contribution in [0, 0.1) is 5.92 Å². The smallest absolute Gasteiger partial charge is 0.117 e. The number of rotatable bonds is 5. The molecule has 0 bridgehead atoms. The molecular formula is C15H20N4. The molecule has 0 spiro atoms. The standard InChI is InChI=1S/C15H20N4/c1-11(12-8-5-9-12)16-10-14-15(18-19-17-14)13-6-3-2-4-7-13/h2-4,6-7,11-12,16H,5,8-10H2,1H3,(H,17,18,19). The Kier molecular flexibility index (Phi) is 3.60. The fourth-order valence-corrected chi connectivity index (χ4v) is 2.57. The van der Waals surface area contributed by atoms with Crippen LogP contribution in [0.25, 0.3) is 11.3 Å². The summed E-state index contributed by atoms with van der Waals surface area (Å²) in [6.07, 6.45) is 4.10. The van der Waals surface area contributed by atoms with Crippen molar-refractivity contribution >= 4 is 0 Å². The third kappa shape index (κ3) is 2.68. The molecule has 1 aliphatic carbocycles. The van der Waals surface area contributed by atoms with Gasteiger partial charge in [-0.2, -0.15) is 15.4 Å². The van der Waals surface area contributed by atoms with Crippen LogP contribution >= 0.6 is 0 Å². The molecule has 3 rings (SSSR count). The first kappa shape index (κ1) is 12.4. The van der Waals surface area contributed by atoms with Crippen LogP contribution in [0.3, 0.4) is 0 Å². The van der Waals surface area contributed by atoms with Crippen molar-refractivity contribution in [3.05, 3.63) is 36.0 Å². The van der Waals surface area contributed by atoms with Gasteiger partial charge in [-0.3, -0.25) is 0 Å². The van der Waals surface area contributed by atoms with Gasteiger partial charge in [-0.15, -0.1) is 0 Å². The zero-order valence-corrected chi connectivity index (χ0v) is 11.3. The Labute approximate surface area is 113 Å². The summed E-state index contributed by atoms with van der Waals surface area (Å²) in [6, 6.07) is 10.8. The number of nitrogens with one attached hydrogen (secondary N) is 2. The topological polar surface area (TPSA) is 53.6 Å². The Morgan fingerprint density at radius 2 is 2.05 bits per heavy atom. The lowest BCUT2D eigenvalue weighted by Gasteiger charge is -2.31. The molecule has 0 amide bonds. The Bertz CT molecular complexity index is 516. The van der Waals surface area contributed by atoms with Crippen LogP contribution < -0.4 is 5.32 Å². The maximum Gasteiger partial charge on any atom is 0.117 e. The van der Waals surface area contributed by atoms with Gasteiger partial charge >= 0.3 is 0 Å². The molecule has 1 aliphatic rings. The Morgan fingerprint density at radius 3 is 2.74 bits per heavy atom. The summed E-state index contributed by atoms with van der Waals surface area (Å²) in [6.45, 7) is 3.05. The molecule has 1 atom stereocenters. The highest BCUT2D eigenvalue weighted by atomic mass is 15.3. The normalized spacial score (nSPS) is 17.1. The third-order valence-electron chi connectivity index (χ3n) is 4.12. The average molecular weight is 256 g/mol. The molecule has 4 nitrogen and oxygen atoms in total. The number of aromatic amines is 1. The van der Waals surface area contributed by atoms with E-state index in [0.717, 1.165) is 29.4 Å². The van der Waals surface area contributed by atoms with Crippen LogP contribution in [-0.2, 0) is 6.54 Å². The SMILES string of the molecule is CC(NCc1n[nH]nc1-c1ccccc1)C1CCC1. The van der Waals surface area contributed by atoms with E-state index < -0.39 is 0 Å². The van der Waals surface area contributed by atoms with Crippen LogP contribution in [0.1, 0.15) is 31.9 Å². The minimum atomic E-state index is 0.564. The lowest BCUT2D eigenvalue weighted by Crippen LogP contribution is -2.36. The minimum absolute atomic E-state index is 0.564. The van der Waals surface area contributed by atoms with Gasteiger partial charge < -0.3 is 5.32 Å². The minimum Gasteiger partial charge on any atom is -0.308 e. The van der Waals surface area contributed by atoms with E-state index in [1.807, 2.05) is 18.2 Å².